The van der Waals surface area contributed by atoms with Gasteiger partial charge < -0.3 is 11.5 Å². The van der Waals surface area contributed by atoms with Gasteiger partial charge in [0, 0.05) is 24.4 Å². The van der Waals surface area contributed by atoms with Gasteiger partial charge in [-0.2, -0.15) is 0 Å². The number of hydrogen-bond acceptors (Lipinski definition) is 3. The zero-order valence-electron chi connectivity index (χ0n) is 9.02. The first kappa shape index (κ1) is 11.9. The van der Waals surface area contributed by atoms with Gasteiger partial charge in [-0.3, -0.25) is 4.98 Å². The highest BCUT2D eigenvalue weighted by Crippen LogP contribution is 2.10. The molecule has 1 unspecified atom stereocenters. The first-order valence-electron chi connectivity index (χ1n) is 5.30. The van der Waals surface area contributed by atoms with Crippen LogP contribution in [0.25, 0.3) is 6.08 Å². The van der Waals surface area contributed by atoms with Crippen molar-refractivity contribution in [3.8, 4) is 0 Å². The van der Waals surface area contributed by atoms with Crippen molar-refractivity contribution in [2.24, 2.45) is 11.5 Å². The summed E-state index contributed by atoms with van der Waals surface area (Å²) in [5.74, 6) is 0. The second-order valence-electron chi connectivity index (χ2n) is 3.64. The average molecular weight is 205 g/mol. The highest BCUT2D eigenvalue weighted by Gasteiger charge is 2.06. The Hall–Kier alpha value is -1.19. The van der Waals surface area contributed by atoms with Crippen molar-refractivity contribution in [3.05, 3.63) is 36.2 Å². The van der Waals surface area contributed by atoms with Gasteiger partial charge in [-0.15, -0.1) is 0 Å². The van der Waals surface area contributed by atoms with Crippen molar-refractivity contribution in [1.29, 1.82) is 0 Å². The number of nitrogens with zero attached hydrogens (tertiary/aromatic N) is 1. The van der Waals surface area contributed by atoms with E-state index >= 15 is 0 Å². The summed E-state index contributed by atoms with van der Waals surface area (Å²) in [5.41, 5.74) is 13.5. The van der Waals surface area contributed by atoms with E-state index in [1.807, 2.05) is 18.2 Å². The maximum atomic E-state index is 5.99. The van der Waals surface area contributed by atoms with Crippen molar-refractivity contribution in [1.82, 2.24) is 4.98 Å². The number of hydrogen-bond donors (Lipinski definition) is 2. The molecule has 0 radical (unpaired) electrons. The molecule has 3 heteroatoms. The SMILES string of the molecule is C=Cc1cccnc1CC(N)CCCN. The molecule has 82 valence electrons. The highest BCUT2D eigenvalue weighted by atomic mass is 14.7. The lowest BCUT2D eigenvalue weighted by Crippen LogP contribution is -2.24. The molecule has 3 nitrogen and oxygen atoms in total. The molecule has 15 heavy (non-hydrogen) atoms. The molecular weight excluding hydrogens is 186 g/mol. The van der Waals surface area contributed by atoms with Crippen molar-refractivity contribution >= 4 is 6.08 Å². The van der Waals surface area contributed by atoms with Crippen LogP contribution in [0.5, 0.6) is 0 Å². The molecule has 0 aromatic carbocycles. The summed E-state index contributed by atoms with van der Waals surface area (Å²) in [7, 11) is 0. The first-order valence-corrected chi connectivity index (χ1v) is 5.30. The van der Waals surface area contributed by atoms with Crippen molar-refractivity contribution in [2.45, 2.75) is 25.3 Å². The third-order valence-corrected chi connectivity index (χ3v) is 2.38. The van der Waals surface area contributed by atoms with E-state index in [4.69, 9.17) is 11.5 Å². The van der Waals surface area contributed by atoms with Gasteiger partial charge in [0.25, 0.3) is 0 Å². The molecule has 0 saturated carbocycles. The van der Waals surface area contributed by atoms with Crippen LogP contribution in [-0.2, 0) is 6.42 Å². The summed E-state index contributed by atoms with van der Waals surface area (Å²) >= 11 is 0. The van der Waals surface area contributed by atoms with Crippen LogP contribution in [0.4, 0.5) is 0 Å². The second kappa shape index (κ2) is 6.32. The minimum Gasteiger partial charge on any atom is -0.330 e. The molecule has 1 rings (SSSR count). The van der Waals surface area contributed by atoms with Crippen LogP contribution in [0.3, 0.4) is 0 Å². The maximum absolute atomic E-state index is 5.99. The van der Waals surface area contributed by atoms with Gasteiger partial charge in [0.15, 0.2) is 0 Å². The Bertz CT molecular complexity index is 309. The van der Waals surface area contributed by atoms with Crippen LogP contribution < -0.4 is 11.5 Å². The molecule has 0 aliphatic rings. The number of rotatable bonds is 6. The molecule has 0 fully saturated rings. The van der Waals surface area contributed by atoms with Gasteiger partial charge in [-0.05, 0) is 31.0 Å². The molecule has 1 aromatic rings. The lowest BCUT2D eigenvalue weighted by Gasteiger charge is -2.11. The predicted octanol–water partition coefficient (Wildman–Crippen LogP) is 1.33. The summed E-state index contributed by atoms with van der Waals surface area (Å²) in [6.07, 6.45) is 6.32. The Morgan fingerprint density at radius 3 is 3.00 bits per heavy atom. The van der Waals surface area contributed by atoms with E-state index in [2.05, 4.69) is 11.6 Å². The van der Waals surface area contributed by atoms with E-state index in [-0.39, 0.29) is 6.04 Å². The molecule has 1 heterocycles. The Balaban J connectivity index is 2.59. The van der Waals surface area contributed by atoms with Crippen molar-refractivity contribution in [3.63, 3.8) is 0 Å². The zero-order chi connectivity index (χ0) is 11.1. The van der Waals surface area contributed by atoms with Crippen molar-refractivity contribution < 1.29 is 0 Å². The fourth-order valence-electron chi connectivity index (χ4n) is 1.54. The standard InChI is InChI=1S/C12H19N3/c1-2-10-5-4-8-15-12(10)9-11(14)6-3-7-13/h2,4-5,8,11H,1,3,6-7,9,13-14H2. The van der Waals surface area contributed by atoms with Crippen LogP contribution in [0.15, 0.2) is 24.9 Å². The van der Waals surface area contributed by atoms with Gasteiger partial charge >= 0.3 is 0 Å². The van der Waals surface area contributed by atoms with E-state index in [1.54, 1.807) is 6.20 Å². The molecule has 0 saturated heterocycles. The third-order valence-electron chi connectivity index (χ3n) is 2.38. The monoisotopic (exact) mass is 205 g/mol. The Labute approximate surface area is 91.2 Å². The van der Waals surface area contributed by atoms with E-state index in [1.165, 1.54) is 0 Å². The number of aromatic nitrogens is 1. The Morgan fingerprint density at radius 1 is 1.53 bits per heavy atom. The molecule has 0 bridgehead atoms. The van der Waals surface area contributed by atoms with Crippen LogP contribution >= 0.6 is 0 Å². The fourth-order valence-corrected chi connectivity index (χ4v) is 1.54. The van der Waals surface area contributed by atoms with Gasteiger partial charge in [-0.1, -0.05) is 18.7 Å². The fraction of sp³-hybridized carbons (Fsp3) is 0.417. The summed E-state index contributed by atoms with van der Waals surface area (Å²) in [4.78, 5) is 4.32. The number of pyridine rings is 1. The van der Waals surface area contributed by atoms with Crippen molar-refractivity contribution in [2.75, 3.05) is 6.54 Å². The van der Waals surface area contributed by atoms with Gasteiger partial charge in [0.2, 0.25) is 0 Å². The normalized spacial score (nSPS) is 12.4. The molecule has 1 atom stereocenters. The molecule has 0 aliphatic heterocycles. The molecule has 4 N–H and O–H groups in total. The van der Waals surface area contributed by atoms with Crippen LogP contribution in [-0.4, -0.2) is 17.6 Å². The summed E-state index contributed by atoms with van der Waals surface area (Å²) < 4.78 is 0. The summed E-state index contributed by atoms with van der Waals surface area (Å²) in [6, 6.07) is 4.05. The average Bonchev–Trinajstić information content (AvgIpc) is 2.27. The second-order valence-corrected chi connectivity index (χ2v) is 3.64. The van der Waals surface area contributed by atoms with Crippen LogP contribution in [0.1, 0.15) is 24.1 Å². The third kappa shape index (κ3) is 3.81. The van der Waals surface area contributed by atoms with Gasteiger partial charge in [0.1, 0.15) is 0 Å². The van der Waals surface area contributed by atoms with E-state index in [0.29, 0.717) is 6.54 Å². The van der Waals surface area contributed by atoms with E-state index in [9.17, 15) is 0 Å². The van der Waals surface area contributed by atoms with E-state index in [0.717, 1.165) is 30.5 Å². The molecule has 0 spiro atoms. The van der Waals surface area contributed by atoms with Crippen LogP contribution in [0, 0.1) is 0 Å². The Morgan fingerprint density at radius 2 is 2.33 bits per heavy atom. The highest BCUT2D eigenvalue weighted by molar-refractivity contribution is 5.49. The first-order chi connectivity index (χ1) is 7.27. The molecule has 0 amide bonds. The van der Waals surface area contributed by atoms with Crippen LogP contribution in [0.2, 0.25) is 0 Å². The van der Waals surface area contributed by atoms with E-state index < -0.39 is 0 Å². The maximum Gasteiger partial charge on any atom is 0.0491 e. The topological polar surface area (TPSA) is 64.9 Å². The minimum absolute atomic E-state index is 0.141. The lowest BCUT2D eigenvalue weighted by atomic mass is 10.0. The smallest absolute Gasteiger partial charge is 0.0491 e. The summed E-state index contributed by atoms with van der Waals surface area (Å²) in [6.45, 7) is 4.46. The number of nitrogens with two attached hydrogens (primary N) is 2. The molecular formula is C12H19N3. The van der Waals surface area contributed by atoms with Gasteiger partial charge in [-0.25, -0.2) is 0 Å². The minimum atomic E-state index is 0.141. The van der Waals surface area contributed by atoms with Gasteiger partial charge in [0.05, 0.1) is 0 Å². The molecule has 1 aromatic heterocycles. The predicted molar refractivity (Wildman–Crippen MR) is 64.3 cm³/mol. The quantitative estimate of drug-likeness (QED) is 0.736. The Kier molecular flexibility index (Phi) is 5.01. The molecule has 0 aliphatic carbocycles. The largest absolute Gasteiger partial charge is 0.330 e. The zero-order valence-corrected chi connectivity index (χ0v) is 9.02. The summed E-state index contributed by atoms with van der Waals surface area (Å²) in [5, 5.41) is 0. The lowest BCUT2D eigenvalue weighted by molar-refractivity contribution is 0.579.